The van der Waals surface area contributed by atoms with Crippen LogP contribution in [-0.2, 0) is 11.3 Å². The van der Waals surface area contributed by atoms with Crippen LogP contribution in [0, 0.1) is 0 Å². The first-order valence-electron chi connectivity index (χ1n) is 6.98. The zero-order chi connectivity index (χ0) is 14.4. The van der Waals surface area contributed by atoms with Crippen molar-refractivity contribution in [2.24, 2.45) is 5.73 Å². The third-order valence-corrected chi connectivity index (χ3v) is 3.36. The molecule has 2 rings (SSSR count). The number of nitrogens with one attached hydrogen (secondary N) is 1. The summed E-state index contributed by atoms with van der Waals surface area (Å²) in [7, 11) is 0. The molecule has 110 valence electrons. The van der Waals surface area contributed by atoms with Crippen LogP contribution in [0.15, 0.2) is 12.5 Å². The van der Waals surface area contributed by atoms with Gasteiger partial charge >= 0.3 is 0 Å². The SMILES string of the molecule is NCCn1cnc(C(=O)NCC(=O)N2CCCCC2)c1. The van der Waals surface area contributed by atoms with Crippen molar-refractivity contribution in [1.29, 1.82) is 0 Å². The van der Waals surface area contributed by atoms with E-state index in [0.29, 0.717) is 18.8 Å². The van der Waals surface area contributed by atoms with E-state index in [0.717, 1.165) is 25.9 Å². The summed E-state index contributed by atoms with van der Waals surface area (Å²) in [6.07, 6.45) is 6.46. The van der Waals surface area contributed by atoms with Gasteiger partial charge in [-0.15, -0.1) is 0 Å². The van der Waals surface area contributed by atoms with Gasteiger partial charge in [0.2, 0.25) is 5.91 Å². The lowest BCUT2D eigenvalue weighted by molar-refractivity contribution is -0.130. The van der Waals surface area contributed by atoms with Crippen LogP contribution in [0.2, 0.25) is 0 Å². The van der Waals surface area contributed by atoms with Gasteiger partial charge in [0.1, 0.15) is 5.69 Å². The number of piperidine rings is 1. The number of nitrogens with two attached hydrogens (primary N) is 1. The van der Waals surface area contributed by atoms with E-state index in [1.165, 1.54) is 6.42 Å². The number of carbonyl (C=O) groups excluding carboxylic acids is 2. The largest absolute Gasteiger partial charge is 0.342 e. The Labute approximate surface area is 118 Å². The molecule has 1 aliphatic heterocycles. The predicted molar refractivity (Wildman–Crippen MR) is 74.0 cm³/mol. The van der Waals surface area contributed by atoms with E-state index in [1.54, 1.807) is 22.0 Å². The van der Waals surface area contributed by atoms with Gasteiger partial charge in [0, 0.05) is 32.4 Å². The highest BCUT2D eigenvalue weighted by Crippen LogP contribution is 2.08. The number of carbonyl (C=O) groups is 2. The predicted octanol–water partition coefficient (Wildman–Crippen LogP) is -0.416. The van der Waals surface area contributed by atoms with Crippen LogP contribution in [-0.4, -0.2) is 52.4 Å². The third-order valence-electron chi connectivity index (χ3n) is 3.36. The summed E-state index contributed by atoms with van der Waals surface area (Å²) >= 11 is 0. The van der Waals surface area contributed by atoms with E-state index in [9.17, 15) is 9.59 Å². The van der Waals surface area contributed by atoms with E-state index < -0.39 is 0 Å². The highest BCUT2D eigenvalue weighted by Gasteiger charge is 2.17. The van der Waals surface area contributed by atoms with E-state index in [1.807, 2.05) is 0 Å². The van der Waals surface area contributed by atoms with Crippen molar-refractivity contribution in [3.63, 3.8) is 0 Å². The first kappa shape index (κ1) is 14.5. The molecule has 0 bridgehead atoms. The molecule has 0 spiro atoms. The van der Waals surface area contributed by atoms with Gasteiger partial charge in [-0.1, -0.05) is 0 Å². The van der Waals surface area contributed by atoms with Crippen molar-refractivity contribution in [3.05, 3.63) is 18.2 Å². The maximum absolute atomic E-state index is 11.9. The highest BCUT2D eigenvalue weighted by atomic mass is 16.2. The summed E-state index contributed by atoms with van der Waals surface area (Å²) in [5.74, 6) is -0.356. The third kappa shape index (κ3) is 3.80. The van der Waals surface area contributed by atoms with Crippen molar-refractivity contribution in [1.82, 2.24) is 19.8 Å². The summed E-state index contributed by atoms with van der Waals surface area (Å²) in [4.78, 5) is 29.6. The molecule has 1 fully saturated rings. The quantitative estimate of drug-likeness (QED) is 0.766. The van der Waals surface area contributed by atoms with E-state index in [2.05, 4.69) is 10.3 Å². The van der Waals surface area contributed by atoms with Crippen molar-refractivity contribution < 1.29 is 9.59 Å². The molecule has 7 nitrogen and oxygen atoms in total. The Morgan fingerprint density at radius 2 is 2.05 bits per heavy atom. The lowest BCUT2D eigenvalue weighted by atomic mass is 10.1. The van der Waals surface area contributed by atoms with Crippen molar-refractivity contribution in [2.45, 2.75) is 25.8 Å². The number of aromatic nitrogens is 2. The average molecular weight is 279 g/mol. The van der Waals surface area contributed by atoms with Crippen LogP contribution < -0.4 is 11.1 Å². The lowest BCUT2D eigenvalue weighted by Gasteiger charge is -2.26. The Balaban J connectivity index is 1.80. The molecular weight excluding hydrogens is 258 g/mol. The van der Waals surface area contributed by atoms with Crippen LogP contribution in [0.25, 0.3) is 0 Å². The minimum absolute atomic E-state index is 0.0283. The van der Waals surface area contributed by atoms with Crippen molar-refractivity contribution >= 4 is 11.8 Å². The number of nitrogens with zero attached hydrogens (tertiary/aromatic N) is 3. The second-order valence-electron chi connectivity index (χ2n) is 4.91. The summed E-state index contributed by atoms with van der Waals surface area (Å²) < 4.78 is 1.75. The van der Waals surface area contributed by atoms with Gasteiger partial charge in [-0.25, -0.2) is 4.98 Å². The summed E-state index contributed by atoms with van der Waals surface area (Å²) in [5, 5.41) is 2.61. The number of rotatable bonds is 5. The molecule has 0 radical (unpaired) electrons. The smallest absolute Gasteiger partial charge is 0.271 e. The molecule has 0 aromatic carbocycles. The monoisotopic (exact) mass is 279 g/mol. The van der Waals surface area contributed by atoms with Crippen LogP contribution in [0.3, 0.4) is 0 Å². The van der Waals surface area contributed by atoms with Gasteiger partial charge in [-0.2, -0.15) is 0 Å². The minimum atomic E-state index is -0.328. The normalized spacial score (nSPS) is 15.2. The average Bonchev–Trinajstić information content (AvgIpc) is 2.94. The minimum Gasteiger partial charge on any atom is -0.342 e. The maximum atomic E-state index is 11.9. The van der Waals surface area contributed by atoms with Crippen molar-refractivity contribution in [2.75, 3.05) is 26.2 Å². The van der Waals surface area contributed by atoms with E-state index in [4.69, 9.17) is 5.73 Å². The Morgan fingerprint density at radius 1 is 1.30 bits per heavy atom. The molecule has 1 aromatic heterocycles. The van der Waals surface area contributed by atoms with Gasteiger partial charge in [-0.05, 0) is 19.3 Å². The number of hydrogen-bond donors (Lipinski definition) is 2. The fourth-order valence-electron chi connectivity index (χ4n) is 2.25. The molecule has 3 N–H and O–H groups in total. The van der Waals surface area contributed by atoms with Crippen molar-refractivity contribution in [3.8, 4) is 0 Å². The number of hydrogen-bond acceptors (Lipinski definition) is 4. The molecule has 1 saturated heterocycles. The molecule has 1 aliphatic rings. The second-order valence-corrected chi connectivity index (χ2v) is 4.91. The first-order valence-corrected chi connectivity index (χ1v) is 6.98. The molecule has 7 heteroatoms. The number of amides is 2. The molecule has 20 heavy (non-hydrogen) atoms. The second kappa shape index (κ2) is 7.04. The van der Waals surface area contributed by atoms with Crippen LogP contribution in [0.1, 0.15) is 29.8 Å². The number of imidazole rings is 1. The van der Waals surface area contributed by atoms with Gasteiger partial charge in [0.15, 0.2) is 0 Å². The number of likely N-dealkylation sites (tertiary alicyclic amines) is 1. The summed E-state index contributed by atoms with van der Waals surface area (Å²) in [5.41, 5.74) is 5.74. The van der Waals surface area contributed by atoms with Gasteiger partial charge in [-0.3, -0.25) is 9.59 Å². The van der Waals surface area contributed by atoms with Crippen LogP contribution in [0.5, 0.6) is 0 Å². The first-order chi connectivity index (χ1) is 9.70. The van der Waals surface area contributed by atoms with E-state index in [-0.39, 0.29) is 18.4 Å². The maximum Gasteiger partial charge on any atom is 0.271 e. The van der Waals surface area contributed by atoms with E-state index >= 15 is 0 Å². The fraction of sp³-hybridized carbons (Fsp3) is 0.615. The Bertz CT molecular complexity index is 465. The standard InChI is InChI=1S/C13H21N5O2/c14-4-7-17-9-11(16-10-17)13(20)15-8-12(19)18-5-2-1-3-6-18/h9-10H,1-8,14H2,(H,15,20). The van der Waals surface area contributed by atoms with Gasteiger partial charge < -0.3 is 20.5 Å². The van der Waals surface area contributed by atoms with Crippen LogP contribution in [0.4, 0.5) is 0 Å². The fourth-order valence-corrected chi connectivity index (χ4v) is 2.25. The molecule has 0 unspecified atom stereocenters. The molecule has 2 amide bonds. The molecular formula is C13H21N5O2. The molecule has 2 heterocycles. The molecule has 0 saturated carbocycles. The van der Waals surface area contributed by atoms with Crippen LogP contribution >= 0.6 is 0 Å². The summed E-state index contributed by atoms with van der Waals surface area (Å²) in [6.45, 7) is 2.72. The molecule has 0 aliphatic carbocycles. The summed E-state index contributed by atoms with van der Waals surface area (Å²) in [6, 6.07) is 0. The Hall–Kier alpha value is -1.89. The topological polar surface area (TPSA) is 93.2 Å². The molecule has 0 atom stereocenters. The van der Waals surface area contributed by atoms with Gasteiger partial charge in [0.25, 0.3) is 5.91 Å². The lowest BCUT2D eigenvalue weighted by Crippen LogP contribution is -2.42. The zero-order valence-corrected chi connectivity index (χ0v) is 11.5. The zero-order valence-electron chi connectivity index (χ0n) is 11.5. The Kier molecular flexibility index (Phi) is 5.11. The Morgan fingerprint density at radius 3 is 2.75 bits per heavy atom. The van der Waals surface area contributed by atoms with Gasteiger partial charge in [0.05, 0.1) is 12.9 Å². The highest BCUT2D eigenvalue weighted by molar-refractivity contribution is 5.94. The molecule has 1 aromatic rings.